The van der Waals surface area contributed by atoms with E-state index in [1.807, 2.05) is 0 Å². The van der Waals surface area contributed by atoms with Crippen LogP contribution in [0.4, 0.5) is 14.6 Å². The maximum Gasteiger partial charge on any atom is 0.406 e. The second-order valence-electron chi connectivity index (χ2n) is 2.75. The van der Waals surface area contributed by atoms with E-state index in [4.69, 9.17) is 0 Å². The van der Waals surface area contributed by atoms with Gasteiger partial charge in [0.1, 0.15) is 0 Å². The second kappa shape index (κ2) is 5.15. The third kappa shape index (κ3) is 2.43. The van der Waals surface area contributed by atoms with Crippen molar-refractivity contribution < 1.29 is 18.4 Å². The molecular weight excluding hydrogens is 290 g/mol. The molecule has 1 aromatic heterocycles. The van der Waals surface area contributed by atoms with Crippen LogP contribution in [0.15, 0.2) is 6.07 Å². The van der Waals surface area contributed by atoms with Crippen molar-refractivity contribution in [2.24, 2.45) is 0 Å². The summed E-state index contributed by atoms with van der Waals surface area (Å²) in [5.74, 6) is -1.19. The number of methoxy groups -OCH3 is 1. The van der Waals surface area contributed by atoms with Gasteiger partial charge in [-0.15, -0.1) is 0 Å². The van der Waals surface area contributed by atoms with Crippen LogP contribution >= 0.6 is 15.9 Å². The van der Waals surface area contributed by atoms with E-state index < -0.39 is 28.5 Å². The predicted octanol–water partition coefficient (Wildman–Crippen LogP) is 2.83. The van der Waals surface area contributed by atoms with E-state index in [1.54, 1.807) is 0 Å². The number of aromatic nitrogens is 1. The highest BCUT2D eigenvalue weighted by atomic mass is 79.9. The normalized spacial score (nSPS) is 10.6. The second-order valence-corrected chi connectivity index (χ2v) is 3.31. The monoisotopic (exact) mass is 296 g/mol. The van der Waals surface area contributed by atoms with Gasteiger partial charge in [-0.3, -0.25) is 0 Å². The zero-order valence-corrected chi connectivity index (χ0v) is 9.70. The lowest BCUT2D eigenvalue weighted by molar-refractivity contribution is -0.390. The number of halogens is 3. The van der Waals surface area contributed by atoms with Crippen LogP contribution in [0, 0.1) is 10.1 Å². The first-order chi connectivity index (χ1) is 7.51. The molecule has 0 amide bonds. The van der Waals surface area contributed by atoms with E-state index >= 15 is 0 Å². The molecule has 0 aromatic carbocycles. The third-order valence-corrected chi connectivity index (χ3v) is 2.36. The van der Waals surface area contributed by atoms with Crippen molar-refractivity contribution >= 4 is 21.7 Å². The number of nitro groups is 1. The van der Waals surface area contributed by atoms with Crippen molar-refractivity contribution in [3.05, 3.63) is 27.4 Å². The number of rotatable bonds is 4. The van der Waals surface area contributed by atoms with E-state index in [0.717, 1.165) is 13.2 Å². The molecule has 0 radical (unpaired) electrons. The summed E-state index contributed by atoms with van der Waals surface area (Å²) in [5.41, 5.74) is -0.374. The highest BCUT2D eigenvalue weighted by Gasteiger charge is 2.27. The molecule has 0 saturated heterocycles. The van der Waals surface area contributed by atoms with Crippen molar-refractivity contribution in [2.75, 3.05) is 7.11 Å². The molecule has 0 saturated carbocycles. The first kappa shape index (κ1) is 12.8. The molecule has 0 spiro atoms. The first-order valence-electron chi connectivity index (χ1n) is 4.07. The number of pyridine rings is 1. The maximum absolute atomic E-state index is 12.6. The summed E-state index contributed by atoms with van der Waals surface area (Å²) in [7, 11) is 1.09. The van der Waals surface area contributed by atoms with Gasteiger partial charge in [0.05, 0.1) is 18.0 Å². The van der Waals surface area contributed by atoms with E-state index in [9.17, 15) is 18.9 Å². The number of nitrogens with zero attached hydrogens (tertiary/aromatic N) is 2. The molecule has 0 unspecified atom stereocenters. The van der Waals surface area contributed by atoms with Crippen LogP contribution in [0.1, 0.15) is 17.7 Å². The molecule has 8 heteroatoms. The quantitative estimate of drug-likeness (QED) is 0.487. The van der Waals surface area contributed by atoms with Crippen LogP contribution in [0.5, 0.6) is 5.75 Å². The lowest BCUT2D eigenvalue weighted by Gasteiger charge is -2.07. The Morgan fingerprint density at radius 3 is 2.69 bits per heavy atom. The molecule has 0 N–H and O–H groups in total. The average molecular weight is 297 g/mol. The number of ether oxygens (including phenoxy) is 1. The van der Waals surface area contributed by atoms with Gasteiger partial charge in [-0.05, 0) is 16.0 Å². The summed E-state index contributed by atoms with van der Waals surface area (Å²) >= 11 is 3.00. The van der Waals surface area contributed by atoms with Gasteiger partial charge in [0.15, 0.2) is 5.69 Å². The van der Waals surface area contributed by atoms with Gasteiger partial charge < -0.3 is 14.9 Å². The summed E-state index contributed by atoms with van der Waals surface area (Å²) in [6.45, 7) is 0. The molecule has 1 heterocycles. The Bertz CT molecular complexity index is 415. The van der Waals surface area contributed by atoms with E-state index in [2.05, 4.69) is 25.7 Å². The van der Waals surface area contributed by atoms with Crippen LogP contribution < -0.4 is 4.74 Å². The number of hydrogen-bond donors (Lipinski definition) is 0. The Labute approximate surface area is 97.7 Å². The van der Waals surface area contributed by atoms with Crippen molar-refractivity contribution in [3.63, 3.8) is 0 Å². The molecule has 0 aliphatic heterocycles. The molecule has 0 fully saturated rings. The summed E-state index contributed by atoms with van der Waals surface area (Å²) in [6.07, 6.45) is -2.85. The largest absolute Gasteiger partial charge is 0.489 e. The molecule has 1 aromatic rings. The molecule has 5 nitrogen and oxygen atoms in total. The average Bonchev–Trinajstić information content (AvgIpc) is 2.26. The van der Waals surface area contributed by atoms with Crippen LogP contribution in [0.2, 0.25) is 0 Å². The van der Waals surface area contributed by atoms with Crippen molar-refractivity contribution in [2.45, 2.75) is 11.8 Å². The Morgan fingerprint density at radius 2 is 2.31 bits per heavy atom. The van der Waals surface area contributed by atoms with Gasteiger partial charge in [-0.25, -0.2) is 8.78 Å². The molecule has 1 rings (SSSR count). The van der Waals surface area contributed by atoms with Gasteiger partial charge in [-0.1, -0.05) is 15.9 Å². The molecule has 0 bridgehead atoms. The first-order valence-corrected chi connectivity index (χ1v) is 5.19. The smallest absolute Gasteiger partial charge is 0.406 e. The highest BCUT2D eigenvalue weighted by molar-refractivity contribution is 9.08. The highest BCUT2D eigenvalue weighted by Crippen LogP contribution is 2.36. The lowest BCUT2D eigenvalue weighted by atomic mass is 10.2. The summed E-state index contributed by atoms with van der Waals surface area (Å²) in [4.78, 5) is 13.4. The minimum Gasteiger partial charge on any atom is -0.489 e. The van der Waals surface area contributed by atoms with Gasteiger partial charge in [0.25, 0.3) is 6.43 Å². The van der Waals surface area contributed by atoms with Crippen LogP contribution in [-0.2, 0) is 5.33 Å². The van der Waals surface area contributed by atoms with Gasteiger partial charge in [0.2, 0.25) is 5.75 Å². The van der Waals surface area contributed by atoms with Gasteiger partial charge in [0, 0.05) is 0 Å². The maximum atomic E-state index is 12.6. The Hall–Kier alpha value is -1.31. The van der Waals surface area contributed by atoms with Gasteiger partial charge in [-0.2, -0.15) is 0 Å². The van der Waals surface area contributed by atoms with Crippen LogP contribution in [-0.4, -0.2) is 17.0 Å². The van der Waals surface area contributed by atoms with Crippen LogP contribution in [0.3, 0.4) is 0 Å². The lowest BCUT2D eigenvalue weighted by Crippen LogP contribution is -2.03. The third-order valence-electron chi connectivity index (χ3n) is 1.79. The minimum atomic E-state index is -2.85. The Balaban J connectivity index is 3.46. The fourth-order valence-electron chi connectivity index (χ4n) is 1.16. The molecular formula is C8H7BrF2N2O3. The summed E-state index contributed by atoms with van der Waals surface area (Å²) < 4.78 is 29.9. The number of hydrogen-bond acceptors (Lipinski definition) is 4. The number of alkyl halides is 3. The summed E-state index contributed by atoms with van der Waals surface area (Å²) in [6, 6.07) is 1.07. The van der Waals surface area contributed by atoms with Crippen LogP contribution in [0.25, 0.3) is 0 Å². The van der Waals surface area contributed by atoms with Gasteiger partial charge >= 0.3 is 5.82 Å². The zero-order valence-electron chi connectivity index (χ0n) is 8.11. The molecule has 88 valence electrons. The molecule has 16 heavy (non-hydrogen) atoms. The van der Waals surface area contributed by atoms with E-state index in [-0.39, 0.29) is 11.0 Å². The topological polar surface area (TPSA) is 65.3 Å². The summed E-state index contributed by atoms with van der Waals surface area (Å²) in [5, 5.41) is 10.8. The van der Waals surface area contributed by atoms with Crippen molar-refractivity contribution in [1.82, 2.24) is 4.98 Å². The SMILES string of the molecule is COc1c(C(F)F)cc(CBr)nc1[N+](=O)[O-]. The van der Waals surface area contributed by atoms with E-state index in [0.29, 0.717) is 0 Å². The van der Waals surface area contributed by atoms with E-state index in [1.165, 1.54) is 0 Å². The predicted molar refractivity (Wildman–Crippen MR) is 55.0 cm³/mol. The Morgan fingerprint density at radius 1 is 1.69 bits per heavy atom. The molecule has 0 atom stereocenters. The molecule has 0 aliphatic carbocycles. The Kier molecular flexibility index (Phi) is 4.11. The van der Waals surface area contributed by atoms with Crippen molar-refractivity contribution in [3.8, 4) is 5.75 Å². The standard InChI is InChI=1S/C8H7BrF2N2O3/c1-16-6-5(7(10)11)2-4(3-9)12-8(6)13(14)15/h2,7H,3H2,1H3. The van der Waals surface area contributed by atoms with Crippen molar-refractivity contribution in [1.29, 1.82) is 0 Å². The molecule has 0 aliphatic rings. The fourth-order valence-corrected chi connectivity index (χ4v) is 1.44. The zero-order chi connectivity index (χ0) is 12.3. The fraction of sp³-hybridized carbons (Fsp3) is 0.375. The minimum absolute atomic E-state index is 0.150.